The Morgan fingerprint density at radius 1 is 1.39 bits per heavy atom. The molecule has 0 spiro atoms. The minimum Gasteiger partial charge on any atom is -0.755 e. The second-order valence-electron chi connectivity index (χ2n) is 7.03. The van der Waals surface area contributed by atoms with Gasteiger partial charge in [0.05, 0.1) is 28.4 Å². The van der Waals surface area contributed by atoms with Crippen LogP contribution in [0, 0.1) is 0 Å². The summed E-state index contributed by atoms with van der Waals surface area (Å²) in [6.45, 7) is -0.454. The Morgan fingerprint density at radius 3 is 2.61 bits per heavy atom. The third kappa shape index (κ3) is 4.91. The van der Waals surface area contributed by atoms with Crippen molar-refractivity contribution in [3.8, 4) is 0 Å². The summed E-state index contributed by atoms with van der Waals surface area (Å²) in [6, 6.07) is 0.916. The molecule has 2 aromatic rings. The molecule has 0 bridgehead atoms. The summed E-state index contributed by atoms with van der Waals surface area (Å²) in [4.78, 5) is 10.4. The van der Waals surface area contributed by atoms with Crippen molar-refractivity contribution in [1.82, 2.24) is 9.78 Å². The Labute approximate surface area is 177 Å². The fourth-order valence-electron chi connectivity index (χ4n) is 3.56. The van der Waals surface area contributed by atoms with E-state index in [0.717, 1.165) is 12.3 Å². The molecule has 1 aliphatic carbocycles. The van der Waals surface area contributed by atoms with Gasteiger partial charge in [-0.1, -0.05) is 0 Å². The fraction of sp³-hybridized carbons (Fsp3) is 0.412. The lowest BCUT2D eigenvalue weighted by Crippen LogP contribution is -2.33. The third-order valence-corrected chi connectivity index (χ3v) is 6.74. The van der Waals surface area contributed by atoms with Gasteiger partial charge in [0.15, 0.2) is 9.84 Å². The van der Waals surface area contributed by atoms with E-state index in [4.69, 9.17) is 5.11 Å². The van der Waals surface area contributed by atoms with Crippen LogP contribution < -0.4 is 4.31 Å². The minimum absolute atomic E-state index is 0.226. The number of nitrogens with zero attached hydrogens (tertiary/aromatic N) is 3. The molecule has 170 valence electrons. The van der Waals surface area contributed by atoms with Crippen LogP contribution in [0.4, 0.5) is 18.9 Å². The Balaban J connectivity index is 2.16. The fourth-order valence-corrected chi connectivity index (χ4v) is 4.94. The average molecular weight is 480 g/mol. The van der Waals surface area contributed by atoms with Crippen molar-refractivity contribution in [3.05, 3.63) is 41.2 Å². The molecule has 9 nitrogen and oxygen atoms in total. The molecule has 0 saturated heterocycles. The molecule has 3 rings (SSSR count). The van der Waals surface area contributed by atoms with Gasteiger partial charge in [-0.15, -0.1) is 0 Å². The Hall–Kier alpha value is -2.45. The van der Waals surface area contributed by atoms with E-state index in [2.05, 4.69) is 5.10 Å². The van der Waals surface area contributed by atoms with E-state index in [9.17, 15) is 35.1 Å². The summed E-state index contributed by atoms with van der Waals surface area (Å²) in [6.07, 6.45) is -1.84. The number of rotatable bonds is 6. The van der Waals surface area contributed by atoms with E-state index in [1.807, 2.05) is 0 Å². The molecular formula is C17H17F3N3O6S2-. The van der Waals surface area contributed by atoms with E-state index >= 15 is 0 Å². The number of aromatic nitrogens is 2. The third-order valence-electron chi connectivity index (χ3n) is 4.86. The van der Waals surface area contributed by atoms with Crippen LogP contribution in [0.3, 0.4) is 0 Å². The van der Waals surface area contributed by atoms with Crippen LogP contribution in [0.25, 0.3) is 0 Å². The number of carboxylic acid groups (broad SMARTS) is 1. The molecule has 0 aliphatic heterocycles. The van der Waals surface area contributed by atoms with Crippen molar-refractivity contribution in [2.45, 2.75) is 42.9 Å². The topological polar surface area (TPSA) is 133 Å². The SMILES string of the molecule is CS(=O)(=O)c1cc(N([C@@H]2CCCc3c2cnn3CC(=O)O)S(=O)[O-])cc(C(F)(F)F)c1. The molecule has 2 atom stereocenters. The normalized spacial score (nSPS) is 17.8. The quantitative estimate of drug-likeness (QED) is 0.626. The smallest absolute Gasteiger partial charge is 0.416 e. The minimum atomic E-state index is -4.91. The maximum atomic E-state index is 13.4. The lowest BCUT2D eigenvalue weighted by atomic mass is 9.92. The van der Waals surface area contributed by atoms with Crippen molar-refractivity contribution < 1.29 is 40.3 Å². The highest BCUT2D eigenvalue weighted by atomic mass is 32.2. The van der Waals surface area contributed by atoms with Gasteiger partial charge >= 0.3 is 12.1 Å². The number of alkyl halides is 3. The van der Waals surface area contributed by atoms with E-state index in [1.54, 1.807) is 0 Å². The van der Waals surface area contributed by atoms with Gasteiger partial charge in [-0.3, -0.25) is 18.0 Å². The highest BCUT2D eigenvalue weighted by molar-refractivity contribution is 7.90. The van der Waals surface area contributed by atoms with Crippen LogP contribution in [0.1, 0.15) is 35.7 Å². The second kappa shape index (κ2) is 8.24. The number of fused-ring (bicyclic) bond motifs is 1. The Morgan fingerprint density at radius 2 is 2.06 bits per heavy atom. The van der Waals surface area contributed by atoms with Gasteiger partial charge in [-0.25, -0.2) is 8.42 Å². The predicted octanol–water partition coefficient (Wildman–Crippen LogP) is 2.07. The molecule has 0 fully saturated rings. The molecule has 14 heteroatoms. The number of carbonyl (C=O) groups is 1. The molecule has 0 amide bonds. The average Bonchev–Trinajstić information content (AvgIpc) is 3.03. The van der Waals surface area contributed by atoms with E-state index in [1.165, 1.54) is 10.9 Å². The molecule has 1 heterocycles. The highest BCUT2D eigenvalue weighted by Gasteiger charge is 2.35. The molecular weight excluding hydrogens is 463 g/mol. The zero-order valence-electron chi connectivity index (χ0n) is 16.0. The first-order chi connectivity index (χ1) is 14.3. The largest absolute Gasteiger partial charge is 0.755 e. The number of hydrogen-bond acceptors (Lipinski definition) is 6. The number of benzene rings is 1. The van der Waals surface area contributed by atoms with Gasteiger partial charge in [0.1, 0.15) is 6.54 Å². The van der Waals surface area contributed by atoms with Crippen LogP contribution >= 0.6 is 0 Å². The van der Waals surface area contributed by atoms with Crippen LogP contribution in [0.2, 0.25) is 0 Å². The van der Waals surface area contributed by atoms with Crippen molar-refractivity contribution in [2.24, 2.45) is 0 Å². The number of carboxylic acids is 1. The van der Waals surface area contributed by atoms with Crippen molar-refractivity contribution in [2.75, 3.05) is 10.6 Å². The number of sulfone groups is 1. The summed E-state index contributed by atoms with van der Waals surface area (Å²) in [5.74, 6) is -1.16. The number of halogens is 3. The molecule has 1 aromatic heterocycles. The summed E-state index contributed by atoms with van der Waals surface area (Å²) in [5.41, 5.74) is -0.953. The molecule has 1 aromatic carbocycles. The lowest BCUT2D eigenvalue weighted by Gasteiger charge is -2.37. The van der Waals surface area contributed by atoms with Gasteiger partial charge in [0, 0.05) is 28.8 Å². The monoisotopic (exact) mass is 480 g/mol. The van der Waals surface area contributed by atoms with Crippen LogP contribution in [0.15, 0.2) is 29.3 Å². The number of anilines is 1. The highest BCUT2D eigenvalue weighted by Crippen LogP contribution is 2.41. The zero-order valence-corrected chi connectivity index (χ0v) is 17.6. The van der Waals surface area contributed by atoms with Gasteiger partial charge in [-0.2, -0.15) is 18.3 Å². The lowest BCUT2D eigenvalue weighted by molar-refractivity contribution is -0.138. The van der Waals surface area contributed by atoms with Crippen LogP contribution in [0.5, 0.6) is 0 Å². The molecule has 31 heavy (non-hydrogen) atoms. The molecule has 0 saturated carbocycles. The van der Waals surface area contributed by atoms with Gasteiger partial charge < -0.3 is 9.66 Å². The predicted molar refractivity (Wildman–Crippen MR) is 101 cm³/mol. The van der Waals surface area contributed by atoms with Gasteiger partial charge in [0.2, 0.25) is 0 Å². The van der Waals surface area contributed by atoms with E-state index < -0.39 is 62.0 Å². The maximum absolute atomic E-state index is 13.4. The molecule has 1 N–H and O–H groups in total. The van der Waals surface area contributed by atoms with Crippen molar-refractivity contribution in [3.63, 3.8) is 0 Å². The van der Waals surface area contributed by atoms with Crippen molar-refractivity contribution in [1.29, 1.82) is 0 Å². The van der Waals surface area contributed by atoms with E-state index in [-0.39, 0.29) is 6.42 Å². The standard InChI is InChI=1S/C17H18F3N3O6S2/c1-31(28,29)12-6-10(17(18,19)20)5-11(7-12)23(30(26)27)15-4-2-3-14-13(15)8-21-22(14)9-16(24)25/h5-8,15H,2-4,9H2,1H3,(H,24,25)(H,26,27)/p-1/t15-/m1/s1. The molecule has 1 unspecified atom stereocenters. The summed E-state index contributed by atoms with van der Waals surface area (Å²) in [5, 5.41) is 13.0. The summed E-state index contributed by atoms with van der Waals surface area (Å²) < 4.78 is 90.0. The summed E-state index contributed by atoms with van der Waals surface area (Å²) in [7, 11) is -4.08. The second-order valence-corrected chi connectivity index (χ2v) is 9.88. The van der Waals surface area contributed by atoms with Gasteiger partial charge in [-0.05, 0) is 37.5 Å². The van der Waals surface area contributed by atoms with Gasteiger partial charge in [0.25, 0.3) is 0 Å². The first kappa shape index (κ1) is 23.2. The number of aliphatic carboxylic acids is 1. The molecule has 0 radical (unpaired) electrons. The maximum Gasteiger partial charge on any atom is 0.416 e. The van der Waals surface area contributed by atoms with Crippen molar-refractivity contribution >= 4 is 32.8 Å². The van der Waals surface area contributed by atoms with E-state index in [0.29, 0.717) is 40.5 Å². The number of hydrogen-bond donors (Lipinski definition) is 1. The Bertz CT molecular complexity index is 1150. The molecule has 1 aliphatic rings. The first-order valence-electron chi connectivity index (χ1n) is 8.86. The first-order valence-corrected chi connectivity index (χ1v) is 11.8. The zero-order chi connectivity index (χ0) is 23.1. The summed E-state index contributed by atoms with van der Waals surface area (Å²) >= 11 is -3.06. The van der Waals surface area contributed by atoms with Crippen LogP contribution in [-0.2, 0) is 45.0 Å². The van der Waals surface area contributed by atoms with Crippen LogP contribution in [-0.4, -0.2) is 44.3 Å². The Kier molecular flexibility index (Phi) is 6.17.